The van der Waals surface area contributed by atoms with Gasteiger partial charge < -0.3 is 9.47 Å². The predicted molar refractivity (Wildman–Crippen MR) is 89.6 cm³/mol. The van der Waals surface area contributed by atoms with Crippen LogP contribution in [0.4, 0.5) is 5.69 Å². The molecule has 0 aliphatic carbocycles. The van der Waals surface area contributed by atoms with Crippen molar-refractivity contribution >= 4 is 17.6 Å². The molecule has 0 aliphatic heterocycles. The van der Waals surface area contributed by atoms with Crippen molar-refractivity contribution in [1.82, 2.24) is 0 Å². The third kappa shape index (κ3) is 5.13. The first-order valence-corrected chi connectivity index (χ1v) is 7.60. The van der Waals surface area contributed by atoms with E-state index in [1.807, 2.05) is 13.8 Å². The Morgan fingerprint density at radius 3 is 2.32 bits per heavy atom. The van der Waals surface area contributed by atoms with Crippen molar-refractivity contribution in [3.63, 3.8) is 0 Å². The molecule has 0 saturated heterocycles. The second-order valence-corrected chi connectivity index (χ2v) is 5.71. The van der Waals surface area contributed by atoms with Crippen LogP contribution in [-0.2, 0) is 4.74 Å². The minimum atomic E-state index is -0.723. The Hall–Kier alpha value is -3.22. The lowest BCUT2D eigenvalue weighted by Crippen LogP contribution is -2.11. The highest BCUT2D eigenvalue weighted by atomic mass is 16.6. The Morgan fingerprint density at radius 2 is 1.72 bits per heavy atom. The molecule has 0 N–H and O–H groups in total. The Bertz CT molecular complexity index is 782. The average Bonchev–Trinajstić information content (AvgIpc) is 2.60. The second-order valence-electron chi connectivity index (χ2n) is 5.71. The number of nitro benzene ring substituents is 1. The van der Waals surface area contributed by atoms with Crippen LogP contribution < -0.4 is 4.74 Å². The zero-order valence-electron chi connectivity index (χ0n) is 13.8. The van der Waals surface area contributed by atoms with Gasteiger partial charge in [-0.15, -0.1) is 0 Å². The molecule has 0 unspecified atom stereocenters. The van der Waals surface area contributed by atoms with E-state index in [0.29, 0.717) is 12.2 Å². The number of non-ortho nitro benzene ring substituents is 1. The van der Waals surface area contributed by atoms with E-state index < -0.39 is 16.9 Å². The van der Waals surface area contributed by atoms with Crippen LogP contribution >= 0.6 is 0 Å². The van der Waals surface area contributed by atoms with Gasteiger partial charge in [-0.3, -0.25) is 10.1 Å². The van der Waals surface area contributed by atoms with Gasteiger partial charge in [0.1, 0.15) is 5.75 Å². The molecule has 0 spiro atoms. The Balaban J connectivity index is 2.03. The lowest BCUT2D eigenvalue weighted by molar-refractivity contribution is -0.384. The maximum Gasteiger partial charge on any atom is 0.343 e. The number of rotatable bonds is 6. The highest BCUT2D eigenvalue weighted by Crippen LogP contribution is 2.18. The van der Waals surface area contributed by atoms with E-state index in [9.17, 15) is 19.7 Å². The molecule has 0 saturated carbocycles. The predicted octanol–water partition coefficient (Wildman–Crippen LogP) is 3.63. The van der Waals surface area contributed by atoms with Crippen LogP contribution in [0.3, 0.4) is 0 Å². The van der Waals surface area contributed by atoms with Crippen molar-refractivity contribution in [2.45, 2.75) is 13.8 Å². The van der Waals surface area contributed by atoms with E-state index >= 15 is 0 Å². The van der Waals surface area contributed by atoms with Gasteiger partial charge in [0, 0.05) is 12.1 Å². The summed E-state index contributed by atoms with van der Waals surface area (Å²) in [4.78, 5) is 34.0. The van der Waals surface area contributed by atoms with Crippen LogP contribution in [-0.4, -0.2) is 23.5 Å². The zero-order valence-corrected chi connectivity index (χ0v) is 13.8. The summed E-state index contributed by atoms with van der Waals surface area (Å²) in [7, 11) is 0. The summed E-state index contributed by atoms with van der Waals surface area (Å²) in [6, 6.07) is 11.1. The molecular weight excluding hydrogens is 326 g/mol. The maximum atomic E-state index is 12.0. The van der Waals surface area contributed by atoms with Gasteiger partial charge in [-0.25, -0.2) is 9.59 Å². The number of benzene rings is 2. The van der Waals surface area contributed by atoms with Crippen LogP contribution in [0.25, 0.3) is 0 Å². The van der Waals surface area contributed by atoms with E-state index in [1.165, 1.54) is 42.5 Å². The van der Waals surface area contributed by atoms with Crippen LogP contribution in [0.1, 0.15) is 34.6 Å². The van der Waals surface area contributed by atoms with Crippen molar-refractivity contribution < 1.29 is 24.0 Å². The van der Waals surface area contributed by atoms with Gasteiger partial charge in [0.05, 0.1) is 22.7 Å². The summed E-state index contributed by atoms with van der Waals surface area (Å²) in [5.74, 6) is -0.722. The first-order valence-electron chi connectivity index (χ1n) is 7.60. The summed E-state index contributed by atoms with van der Waals surface area (Å²) in [5, 5.41) is 10.7. The van der Waals surface area contributed by atoms with Gasteiger partial charge in [-0.2, -0.15) is 0 Å². The molecule has 25 heavy (non-hydrogen) atoms. The molecule has 2 aromatic rings. The molecule has 0 aromatic heterocycles. The average molecular weight is 343 g/mol. The zero-order chi connectivity index (χ0) is 18.4. The molecule has 130 valence electrons. The van der Waals surface area contributed by atoms with Gasteiger partial charge in [0.25, 0.3) is 5.69 Å². The van der Waals surface area contributed by atoms with Crippen molar-refractivity contribution in [1.29, 1.82) is 0 Å². The SMILES string of the molecule is CC(C)COC(=O)c1ccc(OC(=O)c2cccc([N+](=O)[O-])c2)cc1. The number of hydrogen-bond acceptors (Lipinski definition) is 6. The summed E-state index contributed by atoms with van der Waals surface area (Å²) in [5.41, 5.74) is 0.211. The molecule has 0 fully saturated rings. The first kappa shape index (κ1) is 18.1. The highest BCUT2D eigenvalue weighted by molar-refractivity contribution is 5.92. The number of nitro groups is 1. The van der Waals surface area contributed by atoms with Gasteiger partial charge in [0.15, 0.2) is 0 Å². The van der Waals surface area contributed by atoms with Crippen LogP contribution in [0.5, 0.6) is 5.75 Å². The first-order chi connectivity index (χ1) is 11.9. The molecular formula is C18H17NO6. The standard InChI is InChI=1S/C18H17NO6/c1-12(2)11-24-17(20)13-6-8-16(9-7-13)25-18(21)14-4-3-5-15(10-14)19(22)23/h3-10,12H,11H2,1-2H3. The molecule has 0 radical (unpaired) electrons. The second kappa shape index (κ2) is 8.05. The van der Waals surface area contributed by atoms with E-state index in [0.717, 1.165) is 6.07 Å². The quantitative estimate of drug-likeness (QED) is 0.344. The fourth-order valence-corrected chi connectivity index (χ4v) is 1.90. The molecule has 7 nitrogen and oxygen atoms in total. The highest BCUT2D eigenvalue weighted by Gasteiger charge is 2.14. The lowest BCUT2D eigenvalue weighted by Gasteiger charge is -2.08. The normalized spacial score (nSPS) is 10.4. The minimum absolute atomic E-state index is 0.0645. The Labute approximate surface area is 144 Å². The number of esters is 2. The van der Waals surface area contributed by atoms with Gasteiger partial charge >= 0.3 is 11.9 Å². The third-order valence-electron chi connectivity index (χ3n) is 3.14. The maximum absolute atomic E-state index is 12.0. The van der Waals surface area contributed by atoms with Gasteiger partial charge in [-0.05, 0) is 36.2 Å². The monoisotopic (exact) mass is 343 g/mol. The fraction of sp³-hybridized carbons (Fsp3) is 0.222. The number of hydrogen-bond donors (Lipinski definition) is 0. The van der Waals surface area contributed by atoms with E-state index in [4.69, 9.17) is 9.47 Å². The number of nitrogens with zero attached hydrogens (tertiary/aromatic N) is 1. The van der Waals surface area contributed by atoms with Gasteiger partial charge in [0.2, 0.25) is 0 Å². The van der Waals surface area contributed by atoms with Crippen molar-refractivity contribution in [2.24, 2.45) is 5.92 Å². The largest absolute Gasteiger partial charge is 0.462 e. The van der Waals surface area contributed by atoms with Crippen LogP contribution in [0.15, 0.2) is 48.5 Å². The Morgan fingerprint density at radius 1 is 1.04 bits per heavy atom. The number of carbonyl (C=O) groups excluding carboxylic acids is 2. The molecule has 0 amide bonds. The van der Waals surface area contributed by atoms with Gasteiger partial charge in [-0.1, -0.05) is 19.9 Å². The summed E-state index contributed by atoms with van der Waals surface area (Å²) < 4.78 is 10.3. The summed E-state index contributed by atoms with van der Waals surface area (Å²) in [6.45, 7) is 4.19. The smallest absolute Gasteiger partial charge is 0.343 e. The molecule has 0 aliphatic rings. The summed E-state index contributed by atoms with van der Waals surface area (Å²) >= 11 is 0. The molecule has 2 aromatic carbocycles. The van der Waals surface area contributed by atoms with E-state index in [2.05, 4.69) is 0 Å². The third-order valence-corrected chi connectivity index (χ3v) is 3.14. The van der Waals surface area contributed by atoms with E-state index in [1.54, 1.807) is 0 Å². The van der Waals surface area contributed by atoms with Crippen molar-refractivity contribution in [2.75, 3.05) is 6.61 Å². The molecule has 0 atom stereocenters. The van der Waals surface area contributed by atoms with Crippen molar-refractivity contribution in [3.05, 3.63) is 69.8 Å². The lowest BCUT2D eigenvalue weighted by atomic mass is 10.2. The molecule has 2 rings (SSSR count). The van der Waals surface area contributed by atoms with Crippen molar-refractivity contribution in [3.8, 4) is 5.75 Å². The van der Waals surface area contributed by atoms with Crippen LogP contribution in [0, 0.1) is 16.0 Å². The number of ether oxygens (including phenoxy) is 2. The topological polar surface area (TPSA) is 95.7 Å². The number of carbonyl (C=O) groups is 2. The Kier molecular flexibility index (Phi) is 5.84. The summed E-state index contributed by atoms with van der Waals surface area (Å²) in [6.07, 6.45) is 0. The van der Waals surface area contributed by atoms with E-state index in [-0.39, 0.29) is 22.9 Å². The van der Waals surface area contributed by atoms with Crippen LogP contribution in [0.2, 0.25) is 0 Å². The minimum Gasteiger partial charge on any atom is -0.462 e. The fourth-order valence-electron chi connectivity index (χ4n) is 1.90. The molecule has 7 heteroatoms. The molecule has 0 bridgehead atoms. The molecule has 0 heterocycles.